The molecule has 3 rings (SSSR count). The van der Waals surface area contributed by atoms with E-state index < -0.39 is 9.84 Å². The van der Waals surface area contributed by atoms with Crippen LogP contribution in [0.25, 0.3) is 0 Å². The molecule has 0 saturated heterocycles. The van der Waals surface area contributed by atoms with Crippen molar-refractivity contribution in [2.75, 3.05) is 12.9 Å². The first-order valence-electron chi connectivity index (χ1n) is 8.11. The molecule has 0 radical (unpaired) electrons. The highest BCUT2D eigenvalue weighted by molar-refractivity contribution is 7.91. The van der Waals surface area contributed by atoms with Crippen LogP contribution in [-0.4, -0.2) is 27.4 Å². The molecule has 24 heavy (non-hydrogen) atoms. The van der Waals surface area contributed by atoms with Gasteiger partial charge in [-0.3, -0.25) is 0 Å². The maximum absolute atomic E-state index is 12.3. The third kappa shape index (κ3) is 4.36. The highest BCUT2D eigenvalue weighted by atomic mass is 32.2. The van der Waals surface area contributed by atoms with E-state index in [1.807, 2.05) is 30.3 Å². The van der Waals surface area contributed by atoms with E-state index in [0.29, 0.717) is 23.8 Å². The maximum atomic E-state index is 12.3. The lowest BCUT2D eigenvalue weighted by Crippen LogP contribution is -2.08. The van der Waals surface area contributed by atoms with Crippen LogP contribution in [0, 0.1) is 5.92 Å². The van der Waals surface area contributed by atoms with Gasteiger partial charge in [-0.25, -0.2) is 8.42 Å². The molecule has 1 aliphatic rings. The molecule has 0 N–H and O–H groups in total. The zero-order valence-corrected chi connectivity index (χ0v) is 14.5. The quantitative estimate of drug-likeness (QED) is 0.734. The van der Waals surface area contributed by atoms with Crippen molar-refractivity contribution < 1.29 is 17.9 Å². The van der Waals surface area contributed by atoms with Crippen molar-refractivity contribution in [2.45, 2.75) is 30.4 Å². The number of benzene rings is 2. The molecular weight excluding hydrogens is 324 g/mol. The molecule has 0 aromatic heterocycles. The van der Waals surface area contributed by atoms with Gasteiger partial charge in [-0.1, -0.05) is 30.3 Å². The highest BCUT2D eigenvalue weighted by Gasteiger charge is 2.38. The number of ether oxygens (including phenoxy) is 2. The predicted molar refractivity (Wildman–Crippen MR) is 92.8 cm³/mol. The summed E-state index contributed by atoms with van der Waals surface area (Å²) in [6, 6.07) is 16.4. The molecule has 0 amide bonds. The Morgan fingerprint density at radius 1 is 1.04 bits per heavy atom. The molecule has 0 spiro atoms. The highest BCUT2D eigenvalue weighted by Crippen LogP contribution is 2.38. The van der Waals surface area contributed by atoms with Crippen molar-refractivity contribution in [1.29, 1.82) is 0 Å². The first-order chi connectivity index (χ1) is 11.6. The summed E-state index contributed by atoms with van der Waals surface area (Å²) in [7, 11) is -1.54. The van der Waals surface area contributed by atoms with E-state index in [4.69, 9.17) is 9.47 Å². The van der Waals surface area contributed by atoms with Crippen molar-refractivity contribution in [3.8, 4) is 5.75 Å². The van der Waals surface area contributed by atoms with Gasteiger partial charge in [0.2, 0.25) is 0 Å². The van der Waals surface area contributed by atoms with Crippen LogP contribution in [0.5, 0.6) is 5.75 Å². The van der Waals surface area contributed by atoms with E-state index in [0.717, 1.165) is 17.7 Å². The van der Waals surface area contributed by atoms with Crippen LogP contribution >= 0.6 is 0 Å². The monoisotopic (exact) mass is 346 g/mol. The Kier molecular flexibility index (Phi) is 5.21. The Balaban J connectivity index is 1.43. The fraction of sp³-hybridized carbons (Fsp3) is 0.368. The summed E-state index contributed by atoms with van der Waals surface area (Å²) in [5.74, 6) is 1.36. The average molecular weight is 346 g/mol. The summed E-state index contributed by atoms with van der Waals surface area (Å²) in [6.07, 6.45) is 1.78. The topological polar surface area (TPSA) is 52.6 Å². The van der Waals surface area contributed by atoms with E-state index in [1.165, 1.54) is 0 Å². The summed E-state index contributed by atoms with van der Waals surface area (Å²) >= 11 is 0. The fourth-order valence-electron chi connectivity index (χ4n) is 2.70. The zero-order valence-electron chi connectivity index (χ0n) is 13.7. The van der Waals surface area contributed by atoms with Gasteiger partial charge in [0.15, 0.2) is 9.84 Å². The molecule has 1 aliphatic carbocycles. The van der Waals surface area contributed by atoms with Crippen molar-refractivity contribution in [3.63, 3.8) is 0 Å². The summed E-state index contributed by atoms with van der Waals surface area (Å²) in [5, 5.41) is 0. The van der Waals surface area contributed by atoms with Gasteiger partial charge in [0.1, 0.15) is 5.75 Å². The SMILES string of the molecule is COc1ccc(CO[C@@H]2C[C@H]2CCS(=O)(=O)c2ccccc2)cc1. The molecule has 1 saturated carbocycles. The third-order valence-electron chi connectivity index (χ3n) is 4.34. The lowest BCUT2D eigenvalue weighted by Gasteiger charge is -2.06. The molecule has 5 heteroatoms. The van der Waals surface area contributed by atoms with Crippen LogP contribution in [0.1, 0.15) is 18.4 Å². The van der Waals surface area contributed by atoms with Crippen LogP contribution in [0.2, 0.25) is 0 Å². The maximum Gasteiger partial charge on any atom is 0.178 e. The van der Waals surface area contributed by atoms with Gasteiger partial charge in [-0.05, 0) is 48.6 Å². The summed E-state index contributed by atoms with van der Waals surface area (Å²) in [5.41, 5.74) is 1.10. The molecule has 4 nitrogen and oxygen atoms in total. The Hall–Kier alpha value is -1.85. The van der Waals surface area contributed by atoms with Crippen molar-refractivity contribution >= 4 is 9.84 Å². The second-order valence-corrected chi connectivity index (χ2v) is 8.22. The molecule has 0 heterocycles. The van der Waals surface area contributed by atoms with Crippen LogP contribution in [0.3, 0.4) is 0 Å². The molecule has 2 atom stereocenters. The second kappa shape index (κ2) is 7.36. The molecule has 2 aromatic rings. The van der Waals surface area contributed by atoms with Crippen molar-refractivity contribution in [2.24, 2.45) is 5.92 Å². The summed E-state index contributed by atoms with van der Waals surface area (Å²) < 4.78 is 35.5. The van der Waals surface area contributed by atoms with Gasteiger partial charge in [0.05, 0.1) is 30.5 Å². The minimum absolute atomic E-state index is 0.179. The molecular formula is C19H22O4S. The van der Waals surface area contributed by atoms with Crippen LogP contribution in [0.4, 0.5) is 0 Å². The first kappa shape index (κ1) is 17.0. The van der Waals surface area contributed by atoms with E-state index in [9.17, 15) is 8.42 Å². The van der Waals surface area contributed by atoms with Crippen LogP contribution < -0.4 is 4.74 Å². The first-order valence-corrected chi connectivity index (χ1v) is 9.76. The van der Waals surface area contributed by atoms with Gasteiger partial charge in [-0.2, -0.15) is 0 Å². The second-order valence-electron chi connectivity index (χ2n) is 6.11. The normalized spacial score (nSPS) is 19.9. The third-order valence-corrected chi connectivity index (χ3v) is 6.10. The van der Waals surface area contributed by atoms with Crippen molar-refractivity contribution in [3.05, 3.63) is 60.2 Å². The Bertz CT molecular complexity index is 754. The molecule has 0 bridgehead atoms. The van der Waals surface area contributed by atoms with Gasteiger partial charge < -0.3 is 9.47 Å². The van der Waals surface area contributed by atoms with Gasteiger partial charge in [0, 0.05) is 0 Å². The molecule has 1 fully saturated rings. The van der Waals surface area contributed by atoms with E-state index in [2.05, 4.69) is 0 Å². The average Bonchev–Trinajstić information content (AvgIpc) is 3.38. The standard InChI is InChI=1S/C19H22O4S/c1-22-17-9-7-15(8-10-17)14-23-19-13-16(19)11-12-24(20,21)18-5-3-2-4-6-18/h2-10,16,19H,11-14H2,1H3/t16-,19-/m1/s1. The van der Waals surface area contributed by atoms with E-state index >= 15 is 0 Å². The Morgan fingerprint density at radius 3 is 2.42 bits per heavy atom. The Labute approximate surface area is 143 Å². The number of methoxy groups -OCH3 is 1. The number of hydrogen-bond acceptors (Lipinski definition) is 4. The minimum Gasteiger partial charge on any atom is -0.497 e. The lowest BCUT2D eigenvalue weighted by atomic mass is 10.2. The zero-order chi connectivity index (χ0) is 17.0. The molecule has 2 aromatic carbocycles. The van der Waals surface area contributed by atoms with Crippen molar-refractivity contribution in [1.82, 2.24) is 0 Å². The fourth-order valence-corrected chi connectivity index (χ4v) is 4.13. The number of hydrogen-bond donors (Lipinski definition) is 0. The summed E-state index contributed by atoms with van der Waals surface area (Å²) in [4.78, 5) is 0.404. The van der Waals surface area contributed by atoms with Gasteiger partial charge >= 0.3 is 0 Å². The molecule has 0 unspecified atom stereocenters. The smallest absolute Gasteiger partial charge is 0.178 e. The van der Waals surface area contributed by atoms with Gasteiger partial charge in [-0.15, -0.1) is 0 Å². The molecule has 0 aliphatic heterocycles. The molecule has 128 valence electrons. The van der Waals surface area contributed by atoms with E-state index in [-0.39, 0.29) is 11.9 Å². The van der Waals surface area contributed by atoms with Crippen LogP contribution in [-0.2, 0) is 21.2 Å². The van der Waals surface area contributed by atoms with E-state index in [1.54, 1.807) is 31.4 Å². The number of rotatable bonds is 8. The summed E-state index contributed by atoms with van der Waals surface area (Å²) in [6.45, 7) is 0.552. The van der Waals surface area contributed by atoms with Gasteiger partial charge in [0.25, 0.3) is 0 Å². The minimum atomic E-state index is -3.18. The Morgan fingerprint density at radius 2 is 1.75 bits per heavy atom. The lowest BCUT2D eigenvalue weighted by molar-refractivity contribution is 0.0949. The number of sulfone groups is 1. The predicted octanol–water partition coefficient (Wildman–Crippen LogP) is 3.46. The van der Waals surface area contributed by atoms with Crippen LogP contribution in [0.15, 0.2) is 59.5 Å². The largest absolute Gasteiger partial charge is 0.497 e.